The summed E-state index contributed by atoms with van der Waals surface area (Å²) < 4.78 is 5.19. The number of carbonyl (C=O) groups is 1. The Balaban J connectivity index is 3.85. The number of carbonyl (C=O) groups excluding carboxylic acids is 1. The fourth-order valence-corrected chi connectivity index (χ4v) is 2.21. The van der Waals surface area contributed by atoms with Crippen molar-refractivity contribution in [3.63, 3.8) is 0 Å². The fraction of sp³-hybridized carbons (Fsp3) is 0.938. The van der Waals surface area contributed by atoms with Gasteiger partial charge in [-0.15, -0.1) is 0 Å². The molecule has 18 heavy (non-hydrogen) atoms. The molecule has 0 aromatic rings. The van der Waals surface area contributed by atoms with Gasteiger partial charge in [0.25, 0.3) is 0 Å². The van der Waals surface area contributed by atoms with Gasteiger partial charge < -0.3 is 4.74 Å². The SMILES string of the molecule is CCCCCCC(CCCC)CC(=O)OCCC. The third kappa shape index (κ3) is 10.6. The molecule has 0 aliphatic carbocycles. The van der Waals surface area contributed by atoms with Crippen molar-refractivity contribution in [2.75, 3.05) is 6.61 Å². The summed E-state index contributed by atoms with van der Waals surface area (Å²) in [4.78, 5) is 11.6. The van der Waals surface area contributed by atoms with Gasteiger partial charge in [-0.2, -0.15) is 0 Å². The first-order chi connectivity index (χ1) is 8.74. The lowest BCUT2D eigenvalue weighted by atomic mass is 9.92. The van der Waals surface area contributed by atoms with E-state index >= 15 is 0 Å². The van der Waals surface area contributed by atoms with Crippen molar-refractivity contribution in [2.24, 2.45) is 5.92 Å². The van der Waals surface area contributed by atoms with Gasteiger partial charge in [0.2, 0.25) is 0 Å². The number of hydrogen-bond donors (Lipinski definition) is 0. The Morgan fingerprint density at radius 3 is 2.17 bits per heavy atom. The van der Waals surface area contributed by atoms with Crippen LogP contribution in [0.25, 0.3) is 0 Å². The number of rotatable bonds is 12. The normalized spacial score (nSPS) is 12.4. The topological polar surface area (TPSA) is 26.3 Å². The predicted molar refractivity (Wildman–Crippen MR) is 77.6 cm³/mol. The van der Waals surface area contributed by atoms with E-state index in [9.17, 15) is 4.79 Å². The molecule has 0 N–H and O–H groups in total. The van der Waals surface area contributed by atoms with Crippen molar-refractivity contribution in [3.05, 3.63) is 0 Å². The minimum Gasteiger partial charge on any atom is -0.466 e. The summed E-state index contributed by atoms with van der Waals surface area (Å²) in [6, 6.07) is 0. The molecule has 0 radical (unpaired) electrons. The van der Waals surface area contributed by atoms with Crippen molar-refractivity contribution in [2.45, 2.75) is 85.0 Å². The molecule has 0 aliphatic heterocycles. The summed E-state index contributed by atoms with van der Waals surface area (Å²) in [5, 5.41) is 0. The van der Waals surface area contributed by atoms with E-state index in [1.165, 1.54) is 51.4 Å². The van der Waals surface area contributed by atoms with Gasteiger partial charge in [-0.3, -0.25) is 4.79 Å². The van der Waals surface area contributed by atoms with E-state index in [1.54, 1.807) is 0 Å². The first kappa shape index (κ1) is 17.5. The van der Waals surface area contributed by atoms with Gasteiger partial charge in [-0.1, -0.05) is 59.3 Å². The third-order valence-electron chi connectivity index (χ3n) is 3.35. The zero-order valence-electron chi connectivity index (χ0n) is 12.7. The lowest BCUT2D eigenvalue weighted by molar-refractivity contribution is -0.144. The monoisotopic (exact) mass is 256 g/mol. The maximum atomic E-state index is 11.6. The van der Waals surface area contributed by atoms with Gasteiger partial charge in [0.05, 0.1) is 6.61 Å². The molecule has 108 valence electrons. The second kappa shape index (κ2) is 12.9. The Morgan fingerprint density at radius 1 is 0.889 bits per heavy atom. The molecule has 0 saturated carbocycles. The average molecular weight is 256 g/mol. The highest BCUT2D eigenvalue weighted by Crippen LogP contribution is 2.21. The largest absolute Gasteiger partial charge is 0.466 e. The van der Waals surface area contributed by atoms with E-state index in [0.29, 0.717) is 18.9 Å². The lowest BCUT2D eigenvalue weighted by Crippen LogP contribution is -2.12. The first-order valence-corrected chi connectivity index (χ1v) is 7.90. The molecule has 0 amide bonds. The van der Waals surface area contributed by atoms with E-state index in [-0.39, 0.29) is 5.97 Å². The Bertz CT molecular complexity index is 190. The molecule has 0 aromatic heterocycles. The maximum Gasteiger partial charge on any atom is 0.306 e. The summed E-state index contributed by atoms with van der Waals surface area (Å²) in [5.41, 5.74) is 0. The van der Waals surface area contributed by atoms with Gasteiger partial charge >= 0.3 is 5.97 Å². The molecular weight excluding hydrogens is 224 g/mol. The predicted octanol–water partition coefficient (Wildman–Crippen LogP) is 5.11. The van der Waals surface area contributed by atoms with Crippen LogP contribution in [0, 0.1) is 5.92 Å². The molecule has 0 aliphatic rings. The molecule has 0 bridgehead atoms. The van der Waals surface area contributed by atoms with Gasteiger partial charge in [0.15, 0.2) is 0 Å². The molecule has 0 heterocycles. The average Bonchev–Trinajstić information content (AvgIpc) is 2.38. The molecule has 0 aromatic carbocycles. The quantitative estimate of drug-likeness (QED) is 0.358. The van der Waals surface area contributed by atoms with Crippen molar-refractivity contribution >= 4 is 5.97 Å². The first-order valence-electron chi connectivity index (χ1n) is 7.90. The Morgan fingerprint density at radius 2 is 1.56 bits per heavy atom. The maximum absolute atomic E-state index is 11.6. The van der Waals surface area contributed by atoms with Crippen LogP contribution in [0.5, 0.6) is 0 Å². The fourth-order valence-electron chi connectivity index (χ4n) is 2.21. The molecule has 0 saturated heterocycles. The van der Waals surface area contributed by atoms with Crippen molar-refractivity contribution in [3.8, 4) is 0 Å². The second-order valence-corrected chi connectivity index (χ2v) is 5.28. The zero-order chi connectivity index (χ0) is 13.6. The van der Waals surface area contributed by atoms with Crippen LogP contribution in [-0.4, -0.2) is 12.6 Å². The molecule has 0 rings (SSSR count). The smallest absolute Gasteiger partial charge is 0.306 e. The lowest BCUT2D eigenvalue weighted by Gasteiger charge is -2.15. The van der Waals surface area contributed by atoms with Crippen molar-refractivity contribution in [1.82, 2.24) is 0 Å². The minimum absolute atomic E-state index is 0.00782. The third-order valence-corrected chi connectivity index (χ3v) is 3.35. The minimum atomic E-state index is 0.00782. The molecule has 2 nitrogen and oxygen atoms in total. The van der Waals surface area contributed by atoms with E-state index in [2.05, 4.69) is 13.8 Å². The van der Waals surface area contributed by atoms with Gasteiger partial charge in [0.1, 0.15) is 0 Å². The Hall–Kier alpha value is -0.530. The number of esters is 1. The second-order valence-electron chi connectivity index (χ2n) is 5.28. The summed E-state index contributed by atoms with van der Waals surface area (Å²) >= 11 is 0. The van der Waals surface area contributed by atoms with Crippen LogP contribution >= 0.6 is 0 Å². The van der Waals surface area contributed by atoms with Crippen LogP contribution in [0.3, 0.4) is 0 Å². The number of ether oxygens (including phenoxy) is 1. The van der Waals surface area contributed by atoms with Gasteiger partial charge in [-0.05, 0) is 25.2 Å². The Labute approximate surface area is 113 Å². The number of unbranched alkanes of at least 4 members (excludes halogenated alkanes) is 4. The van der Waals surface area contributed by atoms with Crippen molar-refractivity contribution < 1.29 is 9.53 Å². The molecular formula is C16H32O2. The number of hydrogen-bond acceptors (Lipinski definition) is 2. The van der Waals surface area contributed by atoms with Gasteiger partial charge in [-0.25, -0.2) is 0 Å². The molecule has 1 unspecified atom stereocenters. The van der Waals surface area contributed by atoms with Crippen LogP contribution in [0.4, 0.5) is 0 Å². The standard InChI is InChI=1S/C16H32O2/c1-4-7-9-10-12-15(11-8-5-2)14-16(17)18-13-6-3/h15H,4-14H2,1-3H3. The Kier molecular flexibility index (Phi) is 12.5. The highest BCUT2D eigenvalue weighted by molar-refractivity contribution is 5.69. The summed E-state index contributed by atoms with van der Waals surface area (Å²) in [5.74, 6) is 0.555. The van der Waals surface area contributed by atoms with Gasteiger partial charge in [0, 0.05) is 6.42 Å². The van der Waals surface area contributed by atoms with Crippen LogP contribution < -0.4 is 0 Å². The van der Waals surface area contributed by atoms with E-state index in [4.69, 9.17) is 4.74 Å². The van der Waals surface area contributed by atoms with Crippen LogP contribution in [0.2, 0.25) is 0 Å². The summed E-state index contributed by atoms with van der Waals surface area (Å²) in [7, 11) is 0. The molecule has 0 fully saturated rings. The van der Waals surface area contributed by atoms with E-state index < -0.39 is 0 Å². The van der Waals surface area contributed by atoms with Crippen molar-refractivity contribution in [1.29, 1.82) is 0 Å². The molecule has 2 heteroatoms. The highest BCUT2D eigenvalue weighted by atomic mass is 16.5. The summed E-state index contributed by atoms with van der Waals surface area (Å²) in [6.07, 6.45) is 11.6. The van der Waals surface area contributed by atoms with Crippen LogP contribution in [0.15, 0.2) is 0 Å². The molecule has 1 atom stereocenters. The van der Waals surface area contributed by atoms with E-state index in [0.717, 1.165) is 6.42 Å². The van der Waals surface area contributed by atoms with E-state index in [1.807, 2.05) is 6.92 Å². The zero-order valence-corrected chi connectivity index (χ0v) is 12.7. The van der Waals surface area contributed by atoms with Crippen LogP contribution in [-0.2, 0) is 9.53 Å². The molecule has 0 spiro atoms. The highest BCUT2D eigenvalue weighted by Gasteiger charge is 2.14. The summed E-state index contributed by atoms with van der Waals surface area (Å²) in [6.45, 7) is 7.06. The van der Waals surface area contributed by atoms with Crippen LogP contribution in [0.1, 0.15) is 85.0 Å².